The number of sulfonamides is 1. The summed E-state index contributed by atoms with van der Waals surface area (Å²) in [5.74, 6) is 1.84. The molecular formula is C20H27NO6S. The van der Waals surface area contributed by atoms with Gasteiger partial charge in [0.15, 0.2) is 11.5 Å². The summed E-state index contributed by atoms with van der Waals surface area (Å²) in [6.45, 7) is 9.07. The first kappa shape index (κ1) is 21.7. The van der Waals surface area contributed by atoms with Crippen LogP contribution in [0.15, 0.2) is 41.3 Å². The number of nitrogens with one attached hydrogen (secondary N) is 1. The van der Waals surface area contributed by atoms with E-state index < -0.39 is 10.0 Å². The van der Waals surface area contributed by atoms with Crippen LogP contribution in [-0.4, -0.2) is 34.8 Å². The first-order valence-electron chi connectivity index (χ1n) is 9.27. The Balaban J connectivity index is 2.39. The third-order valence-corrected chi connectivity index (χ3v) is 4.99. The summed E-state index contributed by atoms with van der Waals surface area (Å²) >= 11 is 0. The van der Waals surface area contributed by atoms with Crippen LogP contribution in [0.25, 0.3) is 0 Å². The smallest absolute Gasteiger partial charge is 0.262 e. The van der Waals surface area contributed by atoms with E-state index in [0.29, 0.717) is 55.1 Å². The molecule has 0 amide bonds. The molecule has 7 nitrogen and oxygen atoms in total. The summed E-state index contributed by atoms with van der Waals surface area (Å²) in [5, 5.41) is 0. The minimum Gasteiger partial charge on any atom is -0.494 e. The lowest BCUT2D eigenvalue weighted by Gasteiger charge is -2.16. The highest BCUT2D eigenvalue weighted by Crippen LogP contribution is 2.34. The van der Waals surface area contributed by atoms with Gasteiger partial charge in [-0.05, 0) is 52.0 Å². The Hall–Kier alpha value is -2.61. The zero-order valence-corrected chi connectivity index (χ0v) is 17.5. The summed E-state index contributed by atoms with van der Waals surface area (Å²) in [6, 6.07) is 9.52. The van der Waals surface area contributed by atoms with Crippen molar-refractivity contribution in [3.05, 3.63) is 36.4 Å². The Morgan fingerprint density at radius 3 is 1.93 bits per heavy atom. The highest BCUT2D eigenvalue weighted by Gasteiger charge is 2.20. The maximum absolute atomic E-state index is 12.9. The van der Waals surface area contributed by atoms with Crippen LogP contribution < -0.4 is 23.7 Å². The average molecular weight is 410 g/mol. The van der Waals surface area contributed by atoms with E-state index >= 15 is 0 Å². The van der Waals surface area contributed by atoms with Gasteiger partial charge in [-0.25, -0.2) is 8.42 Å². The molecule has 1 N–H and O–H groups in total. The predicted molar refractivity (Wildman–Crippen MR) is 108 cm³/mol. The van der Waals surface area contributed by atoms with Crippen molar-refractivity contribution < 1.29 is 27.4 Å². The minimum atomic E-state index is -3.88. The van der Waals surface area contributed by atoms with Crippen LogP contribution in [0.4, 0.5) is 5.69 Å². The number of rotatable bonds is 11. The molecule has 0 saturated heterocycles. The monoisotopic (exact) mass is 409 g/mol. The van der Waals surface area contributed by atoms with E-state index in [1.54, 1.807) is 24.3 Å². The lowest BCUT2D eigenvalue weighted by Crippen LogP contribution is -2.14. The Labute approximate surface area is 166 Å². The third-order valence-electron chi connectivity index (χ3n) is 3.63. The largest absolute Gasteiger partial charge is 0.494 e. The number of hydrogen-bond donors (Lipinski definition) is 1. The van der Waals surface area contributed by atoms with Gasteiger partial charge in [0.1, 0.15) is 11.5 Å². The molecule has 28 heavy (non-hydrogen) atoms. The highest BCUT2D eigenvalue weighted by atomic mass is 32.2. The van der Waals surface area contributed by atoms with Crippen molar-refractivity contribution >= 4 is 15.7 Å². The van der Waals surface area contributed by atoms with Crippen molar-refractivity contribution in [3.8, 4) is 23.0 Å². The van der Waals surface area contributed by atoms with E-state index in [4.69, 9.17) is 18.9 Å². The van der Waals surface area contributed by atoms with Crippen LogP contribution >= 0.6 is 0 Å². The van der Waals surface area contributed by atoms with Crippen LogP contribution in [0.2, 0.25) is 0 Å². The maximum Gasteiger partial charge on any atom is 0.262 e. The zero-order chi connectivity index (χ0) is 20.6. The van der Waals surface area contributed by atoms with Gasteiger partial charge in [-0.3, -0.25) is 4.72 Å². The first-order valence-corrected chi connectivity index (χ1v) is 10.8. The Bertz CT molecular complexity index is 882. The molecular weight excluding hydrogens is 382 g/mol. The predicted octanol–water partition coefficient (Wildman–Crippen LogP) is 4.08. The fourth-order valence-electron chi connectivity index (χ4n) is 2.53. The Kier molecular flexibility index (Phi) is 7.80. The molecule has 0 fully saturated rings. The maximum atomic E-state index is 12.9. The first-order chi connectivity index (χ1) is 13.4. The summed E-state index contributed by atoms with van der Waals surface area (Å²) in [4.78, 5) is 0.0589. The summed E-state index contributed by atoms with van der Waals surface area (Å²) in [6.07, 6.45) is 0. The van der Waals surface area contributed by atoms with Gasteiger partial charge in [0.2, 0.25) is 0 Å². The van der Waals surface area contributed by atoms with E-state index in [2.05, 4.69) is 4.72 Å². The van der Waals surface area contributed by atoms with Gasteiger partial charge < -0.3 is 18.9 Å². The number of hydrogen-bond acceptors (Lipinski definition) is 6. The fourth-order valence-corrected chi connectivity index (χ4v) is 3.61. The van der Waals surface area contributed by atoms with Crippen LogP contribution in [-0.2, 0) is 10.0 Å². The van der Waals surface area contributed by atoms with Gasteiger partial charge in [-0.2, -0.15) is 0 Å². The normalized spacial score (nSPS) is 11.0. The van der Waals surface area contributed by atoms with Crippen molar-refractivity contribution in [2.45, 2.75) is 32.6 Å². The van der Waals surface area contributed by atoms with Gasteiger partial charge in [0, 0.05) is 12.1 Å². The third kappa shape index (κ3) is 5.45. The van der Waals surface area contributed by atoms with E-state index in [1.165, 1.54) is 12.1 Å². The van der Waals surface area contributed by atoms with Crippen molar-refractivity contribution in [3.63, 3.8) is 0 Å². The summed E-state index contributed by atoms with van der Waals surface area (Å²) in [5.41, 5.74) is 0.305. The Morgan fingerprint density at radius 1 is 0.714 bits per heavy atom. The SMILES string of the molecule is CCOc1ccc(OCC)c(NS(=O)(=O)c2ccc(OCC)c(OCC)c2)c1. The topological polar surface area (TPSA) is 83.1 Å². The lowest BCUT2D eigenvalue weighted by atomic mass is 10.3. The van der Waals surface area contributed by atoms with Crippen LogP contribution in [0, 0.1) is 0 Å². The van der Waals surface area contributed by atoms with Gasteiger partial charge in [0.25, 0.3) is 10.0 Å². The van der Waals surface area contributed by atoms with E-state index in [-0.39, 0.29) is 4.90 Å². The van der Waals surface area contributed by atoms with E-state index in [0.717, 1.165) is 0 Å². The molecule has 0 aliphatic rings. The standard InChI is InChI=1S/C20H27NO6S/c1-5-24-15-9-11-18(25-6-2)17(13-15)21-28(22,23)16-10-12-19(26-7-3)20(14-16)27-8-4/h9-14,21H,5-8H2,1-4H3. The molecule has 0 radical (unpaired) electrons. The molecule has 2 aromatic carbocycles. The van der Waals surface area contributed by atoms with Crippen LogP contribution in [0.1, 0.15) is 27.7 Å². The lowest BCUT2D eigenvalue weighted by molar-refractivity contribution is 0.287. The molecule has 0 spiro atoms. The molecule has 2 aromatic rings. The summed E-state index contributed by atoms with van der Waals surface area (Å²) < 4.78 is 50.5. The number of anilines is 1. The molecule has 0 aliphatic heterocycles. The second-order valence-corrected chi connectivity index (χ2v) is 7.29. The van der Waals surface area contributed by atoms with Crippen molar-refractivity contribution in [1.82, 2.24) is 0 Å². The quantitative estimate of drug-likeness (QED) is 0.602. The summed E-state index contributed by atoms with van der Waals surface area (Å²) in [7, 11) is -3.88. The van der Waals surface area contributed by atoms with Gasteiger partial charge in [0.05, 0.1) is 37.0 Å². The zero-order valence-electron chi connectivity index (χ0n) is 16.7. The van der Waals surface area contributed by atoms with Crippen molar-refractivity contribution in [1.29, 1.82) is 0 Å². The molecule has 0 aliphatic carbocycles. The molecule has 0 bridgehead atoms. The minimum absolute atomic E-state index is 0.0589. The number of ether oxygens (including phenoxy) is 4. The van der Waals surface area contributed by atoms with E-state index in [1.807, 2.05) is 27.7 Å². The van der Waals surface area contributed by atoms with Gasteiger partial charge in [-0.1, -0.05) is 0 Å². The molecule has 0 aromatic heterocycles. The molecule has 0 heterocycles. The van der Waals surface area contributed by atoms with E-state index in [9.17, 15) is 8.42 Å². The van der Waals surface area contributed by atoms with Gasteiger partial charge in [-0.15, -0.1) is 0 Å². The van der Waals surface area contributed by atoms with Crippen LogP contribution in [0.5, 0.6) is 23.0 Å². The number of benzene rings is 2. The fraction of sp³-hybridized carbons (Fsp3) is 0.400. The second kappa shape index (κ2) is 10.1. The molecule has 2 rings (SSSR count). The molecule has 154 valence electrons. The average Bonchev–Trinajstić information content (AvgIpc) is 2.65. The molecule has 8 heteroatoms. The molecule has 0 atom stereocenters. The second-order valence-electron chi connectivity index (χ2n) is 5.60. The van der Waals surface area contributed by atoms with Crippen molar-refractivity contribution in [2.24, 2.45) is 0 Å². The highest BCUT2D eigenvalue weighted by molar-refractivity contribution is 7.92. The van der Waals surface area contributed by atoms with Crippen LogP contribution in [0.3, 0.4) is 0 Å². The van der Waals surface area contributed by atoms with Crippen molar-refractivity contribution in [2.75, 3.05) is 31.1 Å². The molecule has 0 saturated carbocycles. The van der Waals surface area contributed by atoms with Gasteiger partial charge >= 0.3 is 0 Å². The Morgan fingerprint density at radius 2 is 1.29 bits per heavy atom. The molecule has 0 unspecified atom stereocenters.